The van der Waals surface area contributed by atoms with Crippen molar-refractivity contribution >= 4 is 11.6 Å². The lowest BCUT2D eigenvalue weighted by Crippen LogP contribution is -2.29. The van der Waals surface area contributed by atoms with Crippen molar-refractivity contribution in [2.24, 2.45) is 0 Å². The molecule has 1 rings (SSSR count). The van der Waals surface area contributed by atoms with Gasteiger partial charge in [0.05, 0.1) is 12.7 Å². The Bertz CT molecular complexity index is 360. The van der Waals surface area contributed by atoms with Crippen LogP contribution in [-0.4, -0.2) is 42.9 Å². The minimum atomic E-state index is -0.458. The zero-order valence-electron chi connectivity index (χ0n) is 11.8. The number of benzene rings is 1. The molecular weight excluding hydrogens is 262 g/mol. The van der Waals surface area contributed by atoms with Gasteiger partial charge in [-0.25, -0.2) is 0 Å². The molecule has 0 saturated carbocycles. The molecule has 0 aromatic heterocycles. The number of nitrogens with zero attached hydrogens (tertiary/aromatic N) is 1. The van der Waals surface area contributed by atoms with Crippen LogP contribution in [0.25, 0.3) is 0 Å². The van der Waals surface area contributed by atoms with Crippen molar-refractivity contribution in [2.45, 2.75) is 26.4 Å². The lowest BCUT2D eigenvalue weighted by atomic mass is 10.1. The van der Waals surface area contributed by atoms with Gasteiger partial charge in [-0.15, -0.1) is 0 Å². The normalized spacial score (nSPS) is 12.9. The van der Waals surface area contributed by atoms with Gasteiger partial charge in [0.2, 0.25) is 0 Å². The first kappa shape index (κ1) is 16.4. The second-order valence-corrected chi connectivity index (χ2v) is 4.93. The van der Waals surface area contributed by atoms with Crippen molar-refractivity contribution in [3.05, 3.63) is 34.9 Å². The topological polar surface area (TPSA) is 32.7 Å². The predicted octanol–water partition coefficient (Wildman–Crippen LogP) is 3.12. The monoisotopic (exact) mass is 285 g/mol. The second kappa shape index (κ2) is 9.32. The van der Waals surface area contributed by atoms with Crippen molar-refractivity contribution in [2.75, 3.05) is 32.8 Å². The Labute approximate surface area is 121 Å². The molecule has 108 valence electrons. The molecule has 0 radical (unpaired) electrons. The van der Waals surface area contributed by atoms with Crippen molar-refractivity contribution < 1.29 is 9.84 Å². The van der Waals surface area contributed by atoms with Gasteiger partial charge in [0, 0.05) is 24.7 Å². The summed E-state index contributed by atoms with van der Waals surface area (Å²) in [7, 11) is 0. The molecule has 0 fully saturated rings. The Balaban J connectivity index is 2.37. The van der Waals surface area contributed by atoms with E-state index in [4.69, 9.17) is 16.3 Å². The van der Waals surface area contributed by atoms with E-state index >= 15 is 0 Å². The fraction of sp³-hybridized carbons (Fsp3) is 0.600. The standard InChI is InChI=1S/C15H24ClNO2/c1-3-17(10-11-19-4-2)9-8-15(18)13-6-5-7-14(16)12-13/h5-7,12,15,18H,3-4,8-11H2,1-2H3. The summed E-state index contributed by atoms with van der Waals surface area (Å²) >= 11 is 5.93. The molecule has 1 N–H and O–H groups in total. The van der Waals surface area contributed by atoms with Gasteiger partial charge in [0.25, 0.3) is 0 Å². The minimum Gasteiger partial charge on any atom is -0.388 e. The van der Waals surface area contributed by atoms with Crippen LogP contribution in [0.3, 0.4) is 0 Å². The molecule has 0 amide bonds. The van der Waals surface area contributed by atoms with Crippen LogP contribution in [0.2, 0.25) is 5.02 Å². The molecule has 4 heteroatoms. The number of hydrogen-bond donors (Lipinski definition) is 1. The minimum absolute atomic E-state index is 0.458. The second-order valence-electron chi connectivity index (χ2n) is 4.49. The van der Waals surface area contributed by atoms with E-state index in [0.29, 0.717) is 11.4 Å². The third-order valence-electron chi connectivity index (χ3n) is 3.16. The lowest BCUT2D eigenvalue weighted by molar-refractivity contribution is 0.101. The number of aliphatic hydroxyl groups excluding tert-OH is 1. The maximum absolute atomic E-state index is 10.1. The molecule has 19 heavy (non-hydrogen) atoms. The molecule has 1 atom stereocenters. The zero-order valence-corrected chi connectivity index (χ0v) is 12.6. The first-order valence-corrected chi connectivity index (χ1v) is 7.28. The van der Waals surface area contributed by atoms with Gasteiger partial charge in [-0.1, -0.05) is 30.7 Å². The van der Waals surface area contributed by atoms with Gasteiger partial charge in [0.15, 0.2) is 0 Å². The quantitative estimate of drug-likeness (QED) is 0.708. The van der Waals surface area contributed by atoms with Crippen LogP contribution < -0.4 is 0 Å². The van der Waals surface area contributed by atoms with Crippen LogP contribution in [0.4, 0.5) is 0 Å². The Morgan fingerprint density at radius 1 is 1.32 bits per heavy atom. The molecule has 0 saturated heterocycles. The molecule has 0 aliphatic rings. The molecule has 1 aromatic rings. The van der Waals surface area contributed by atoms with E-state index < -0.39 is 6.10 Å². The fourth-order valence-electron chi connectivity index (χ4n) is 1.95. The number of hydrogen-bond acceptors (Lipinski definition) is 3. The highest BCUT2D eigenvalue weighted by atomic mass is 35.5. The molecule has 0 spiro atoms. The smallest absolute Gasteiger partial charge is 0.0802 e. The fourth-order valence-corrected chi connectivity index (χ4v) is 2.15. The van der Waals surface area contributed by atoms with Crippen LogP contribution in [0.1, 0.15) is 31.9 Å². The largest absolute Gasteiger partial charge is 0.388 e. The molecular formula is C15H24ClNO2. The van der Waals surface area contributed by atoms with Crippen LogP contribution in [0.15, 0.2) is 24.3 Å². The maximum Gasteiger partial charge on any atom is 0.0802 e. The Hall–Kier alpha value is -0.610. The Morgan fingerprint density at radius 3 is 2.74 bits per heavy atom. The highest BCUT2D eigenvalue weighted by Crippen LogP contribution is 2.20. The molecule has 1 aromatic carbocycles. The van der Waals surface area contributed by atoms with Crippen LogP contribution in [0.5, 0.6) is 0 Å². The molecule has 0 aliphatic carbocycles. The Morgan fingerprint density at radius 2 is 2.11 bits per heavy atom. The number of ether oxygens (including phenoxy) is 1. The van der Waals surface area contributed by atoms with E-state index in [9.17, 15) is 5.11 Å². The summed E-state index contributed by atoms with van der Waals surface area (Å²) in [6.07, 6.45) is 0.250. The SMILES string of the molecule is CCOCCN(CC)CCC(O)c1cccc(Cl)c1. The maximum atomic E-state index is 10.1. The third kappa shape index (κ3) is 6.39. The summed E-state index contributed by atoms with van der Waals surface area (Å²) in [5.41, 5.74) is 0.883. The first-order valence-electron chi connectivity index (χ1n) is 6.91. The number of halogens is 1. The number of likely N-dealkylation sites (N-methyl/N-ethyl adjacent to an activating group) is 1. The average Bonchev–Trinajstić information content (AvgIpc) is 2.42. The van der Waals surface area contributed by atoms with Crippen molar-refractivity contribution in [1.82, 2.24) is 4.90 Å². The van der Waals surface area contributed by atoms with Gasteiger partial charge in [-0.2, -0.15) is 0 Å². The summed E-state index contributed by atoms with van der Waals surface area (Å²) in [5, 5.41) is 10.8. The van der Waals surface area contributed by atoms with E-state index in [-0.39, 0.29) is 0 Å². The van der Waals surface area contributed by atoms with E-state index in [1.807, 2.05) is 31.2 Å². The van der Waals surface area contributed by atoms with E-state index in [1.54, 1.807) is 0 Å². The lowest BCUT2D eigenvalue weighted by Gasteiger charge is -2.22. The number of rotatable bonds is 9. The predicted molar refractivity (Wildman–Crippen MR) is 79.6 cm³/mol. The molecule has 1 unspecified atom stereocenters. The summed E-state index contributed by atoms with van der Waals surface area (Å²) in [4.78, 5) is 2.28. The average molecular weight is 286 g/mol. The highest BCUT2D eigenvalue weighted by Gasteiger charge is 2.10. The summed E-state index contributed by atoms with van der Waals surface area (Å²) in [6, 6.07) is 7.42. The van der Waals surface area contributed by atoms with E-state index in [2.05, 4.69) is 11.8 Å². The van der Waals surface area contributed by atoms with E-state index in [0.717, 1.165) is 38.4 Å². The molecule has 3 nitrogen and oxygen atoms in total. The van der Waals surface area contributed by atoms with Crippen LogP contribution in [-0.2, 0) is 4.74 Å². The Kier molecular flexibility index (Phi) is 8.07. The molecule has 0 bridgehead atoms. The summed E-state index contributed by atoms with van der Waals surface area (Å²) in [5.74, 6) is 0. The first-order chi connectivity index (χ1) is 9.17. The molecule has 0 heterocycles. The van der Waals surface area contributed by atoms with E-state index in [1.165, 1.54) is 0 Å². The number of aliphatic hydroxyl groups is 1. The van der Waals surface area contributed by atoms with Gasteiger partial charge < -0.3 is 14.7 Å². The zero-order chi connectivity index (χ0) is 14.1. The molecule has 0 aliphatic heterocycles. The van der Waals surface area contributed by atoms with Gasteiger partial charge in [-0.3, -0.25) is 0 Å². The van der Waals surface area contributed by atoms with Crippen LogP contribution in [0, 0.1) is 0 Å². The highest BCUT2D eigenvalue weighted by molar-refractivity contribution is 6.30. The summed E-state index contributed by atoms with van der Waals surface area (Å²) in [6.45, 7) is 8.36. The summed E-state index contributed by atoms with van der Waals surface area (Å²) < 4.78 is 5.35. The van der Waals surface area contributed by atoms with Gasteiger partial charge in [-0.05, 0) is 37.6 Å². The van der Waals surface area contributed by atoms with Crippen molar-refractivity contribution in [3.8, 4) is 0 Å². The van der Waals surface area contributed by atoms with Gasteiger partial charge in [0.1, 0.15) is 0 Å². The van der Waals surface area contributed by atoms with Crippen molar-refractivity contribution in [1.29, 1.82) is 0 Å². The van der Waals surface area contributed by atoms with Gasteiger partial charge >= 0.3 is 0 Å². The third-order valence-corrected chi connectivity index (χ3v) is 3.39. The van der Waals surface area contributed by atoms with Crippen LogP contribution >= 0.6 is 11.6 Å². The van der Waals surface area contributed by atoms with Crippen molar-refractivity contribution in [3.63, 3.8) is 0 Å².